The van der Waals surface area contributed by atoms with E-state index in [1.165, 1.54) is 12.1 Å². The summed E-state index contributed by atoms with van der Waals surface area (Å²) in [6.45, 7) is 0. The highest BCUT2D eigenvalue weighted by molar-refractivity contribution is 7.91. The predicted molar refractivity (Wildman–Crippen MR) is 77.7 cm³/mol. The molecule has 1 aromatic carbocycles. The normalized spacial score (nSPS) is 20.6. The molecular weight excluding hydrogens is 303 g/mol. The number of anilines is 1. The number of amides is 1. The standard InChI is InChI=1S/C12H13FN2O3S2/c13-10-2-1-8(5-9(10)11(14)19)15-12(16)7-3-4-20(17,18)6-7/h1-2,5,7H,3-4,6H2,(H2,14,19)(H,15,16). The monoisotopic (exact) mass is 316 g/mol. The second-order valence-electron chi connectivity index (χ2n) is 4.65. The maximum Gasteiger partial charge on any atom is 0.228 e. The van der Waals surface area contributed by atoms with Crippen molar-refractivity contribution in [2.45, 2.75) is 6.42 Å². The Labute approximate surface area is 121 Å². The highest BCUT2D eigenvalue weighted by Gasteiger charge is 2.32. The van der Waals surface area contributed by atoms with Crippen molar-refractivity contribution in [1.29, 1.82) is 0 Å². The lowest BCUT2D eigenvalue weighted by Crippen LogP contribution is -2.24. The molecule has 0 aliphatic carbocycles. The van der Waals surface area contributed by atoms with Crippen LogP contribution in [0.1, 0.15) is 12.0 Å². The van der Waals surface area contributed by atoms with Crippen LogP contribution in [-0.2, 0) is 14.6 Å². The van der Waals surface area contributed by atoms with Gasteiger partial charge < -0.3 is 11.1 Å². The summed E-state index contributed by atoms with van der Waals surface area (Å²) in [6, 6.07) is 3.85. The fourth-order valence-corrected chi connectivity index (χ4v) is 3.94. The molecule has 1 aliphatic heterocycles. The molecule has 108 valence electrons. The molecule has 1 saturated heterocycles. The zero-order valence-corrected chi connectivity index (χ0v) is 12.1. The number of benzene rings is 1. The predicted octanol–water partition coefficient (Wildman–Crippen LogP) is 0.833. The second kappa shape index (κ2) is 5.45. The smallest absolute Gasteiger partial charge is 0.228 e. The average Bonchev–Trinajstić information content (AvgIpc) is 2.72. The van der Waals surface area contributed by atoms with Crippen LogP contribution in [0, 0.1) is 11.7 Å². The van der Waals surface area contributed by atoms with Crippen LogP contribution in [0.5, 0.6) is 0 Å². The van der Waals surface area contributed by atoms with Crippen molar-refractivity contribution >= 4 is 38.6 Å². The van der Waals surface area contributed by atoms with Crippen LogP contribution in [0.2, 0.25) is 0 Å². The maximum atomic E-state index is 13.4. The molecule has 5 nitrogen and oxygen atoms in total. The van der Waals surface area contributed by atoms with E-state index in [2.05, 4.69) is 5.32 Å². The summed E-state index contributed by atoms with van der Waals surface area (Å²) >= 11 is 4.71. The average molecular weight is 316 g/mol. The summed E-state index contributed by atoms with van der Waals surface area (Å²) in [6.07, 6.45) is 0.303. The van der Waals surface area contributed by atoms with Crippen molar-refractivity contribution in [3.63, 3.8) is 0 Å². The number of sulfone groups is 1. The van der Waals surface area contributed by atoms with Gasteiger partial charge in [-0.2, -0.15) is 0 Å². The number of nitrogens with two attached hydrogens (primary N) is 1. The number of hydrogen-bond acceptors (Lipinski definition) is 4. The first-order valence-electron chi connectivity index (χ1n) is 5.89. The van der Waals surface area contributed by atoms with E-state index >= 15 is 0 Å². The van der Waals surface area contributed by atoms with Crippen molar-refractivity contribution in [3.8, 4) is 0 Å². The summed E-state index contributed by atoms with van der Waals surface area (Å²) < 4.78 is 36.0. The summed E-state index contributed by atoms with van der Waals surface area (Å²) in [5, 5.41) is 2.56. The highest BCUT2D eigenvalue weighted by atomic mass is 32.2. The molecule has 1 aliphatic rings. The molecule has 8 heteroatoms. The van der Waals surface area contributed by atoms with E-state index in [1.54, 1.807) is 0 Å². The van der Waals surface area contributed by atoms with Crippen molar-refractivity contribution < 1.29 is 17.6 Å². The van der Waals surface area contributed by atoms with Gasteiger partial charge >= 0.3 is 0 Å². The van der Waals surface area contributed by atoms with Gasteiger partial charge in [0.15, 0.2) is 9.84 Å². The van der Waals surface area contributed by atoms with Gasteiger partial charge in [-0.15, -0.1) is 0 Å². The minimum Gasteiger partial charge on any atom is -0.389 e. The lowest BCUT2D eigenvalue weighted by Gasteiger charge is -2.11. The zero-order valence-electron chi connectivity index (χ0n) is 10.4. The van der Waals surface area contributed by atoms with E-state index in [-0.39, 0.29) is 22.1 Å². The molecule has 1 unspecified atom stereocenters. The number of carbonyl (C=O) groups is 1. The molecule has 0 radical (unpaired) electrons. The molecule has 1 heterocycles. The number of nitrogens with one attached hydrogen (secondary N) is 1. The van der Waals surface area contributed by atoms with Crippen LogP contribution < -0.4 is 11.1 Å². The zero-order chi connectivity index (χ0) is 14.9. The first-order chi connectivity index (χ1) is 9.28. The summed E-state index contributed by atoms with van der Waals surface area (Å²) in [7, 11) is -3.12. The Hall–Kier alpha value is -1.54. The molecule has 20 heavy (non-hydrogen) atoms. The molecule has 1 atom stereocenters. The molecule has 3 N–H and O–H groups in total. The molecule has 0 aromatic heterocycles. The summed E-state index contributed by atoms with van der Waals surface area (Å²) in [5.74, 6) is -1.67. The fourth-order valence-electron chi connectivity index (χ4n) is 2.04. The molecule has 0 bridgehead atoms. The van der Waals surface area contributed by atoms with Crippen molar-refractivity contribution in [3.05, 3.63) is 29.6 Å². The van der Waals surface area contributed by atoms with E-state index in [1.807, 2.05) is 0 Å². The Morgan fingerprint density at radius 2 is 2.15 bits per heavy atom. The van der Waals surface area contributed by atoms with E-state index in [9.17, 15) is 17.6 Å². The topological polar surface area (TPSA) is 89.3 Å². The van der Waals surface area contributed by atoms with E-state index < -0.39 is 27.5 Å². The molecule has 1 aromatic rings. The van der Waals surface area contributed by atoms with Crippen LogP contribution in [0.4, 0.5) is 10.1 Å². The third kappa shape index (κ3) is 3.31. The highest BCUT2D eigenvalue weighted by Crippen LogP contribution is 2.21. The molecule has 1 amide bonds. The second-order valence-corrected chi connectivity index (χ2v) is 7.32. The molecular formula is C12H13FN2O3S2. The molecule has 1 fully saturated rings. The van der Waals surface area contributed by atoms with Crippen LogP contribution in [0.25, 0.3) is 0 Å². The van der Waals surface area contributed by atoms with Crippen LogP contribution >= 0.6 is 12.2 Å². The summed E-state index contributed by atoms with van der Waals surface area (Å²) in [4.78, 5) is 11.8. The minimum atomic E-state index is -3.12. The Balaban J connectivity index is 2.13. The fraction of sp³-hybridized carbons (Fsp3) is 0.333. The van der Waals surface area contributed by atoms with Gasteiger partial charge in [-0.25, -0.2) is 12.8 Å². The van der Waals surface area contributed by atoms with E-state index in [4.69, 9.17) is 18.0 Å². The van der Waals surface area contributed by atoms with Gasteiger partial charge in [0.2, 0.25) is 5.91 Å². The first kappa shape index (κ1) is 14.9. The van der Waals surface area contributed by atoms with Crippen LogP contribution in [0.3, 0.4) is 0 Å². The minimum absolute atomic E-state index is 0.0205. The van der Waals surface area contributed by atoms with Crippen molar-refractivity contribution in [1.82, 2.24) is 0 Å². The van der Waals surface area contributed by atoms with E-state index in [0.29, 0.717) is 12.1 Å². The van der Waals surface area contributed by atoms with Crippen LogP contribution in [0.15, 0.2) is 18.2 Å². The number of carbonyl (C=O) groups excluding carboxylic acids is 1. The Morgan fingerprint density at radius 1 is 1.45 bits per heavy atom. The van der Waals surface area contributed by atoms with Crippen LogP contribution in [-0.4, -0.2) is 30.8 Å². The van der Waals surface area contributed by atoms with Gasteiger partial charge in [0.1, 0.15) is 10.8 Å². The lowest BCUT2D eigenvalue weighted by molar-refractivity contribution is -0.119. The van der Waals surface area contributed by atoms with Gasteiger partial charge in [-0.3, -0.25) is 4.79 Å². The Kier molecular flexibility index (Phi) is 4.05. The van der Waals surface area contributed by atoms with E-state index in [0.717, 1.165) is 6.07 Å². The van der Waals surface area contributed by atoms with Gasteiger partial charge in [-0.05, 0) is 24.6 Å². The SMILES string of the molecule is NC(=S)c1cc(NC(=O)C2CCS(=O)(=O)C2)ccc1F. The number of halogens is 1. The number of rotatable bonds is 3. The van der Waals surface area contributed by atoms with Gasteiger partial charge in [-0.1, -0.05) is 12.2 Å². The van der Waals surface area contributed by atoms with Crippen molar-refractivity contribution in [2.24, 2.45) is 11.7 Å². The lowest BCUT2D eigenvalue weighted by atomic mass is 10.1. The van der Waals surface area contributed by atoms with Gasteiger partial charge in [0.05, 0.1) is 17.4 Å². The Bertz CT molecular complexity index is 673. The molecule has 2 rings (SSSR count). The Morgan fingerprint density at radius 3 is 2.70 bits per heavy atom. The number of hydrogen-bond donors (Lipinski definition) is 2. The van der Waals surface area contributed by atoms with Gasteiger partial charge in [0, 0.05) is 11.3 Å². The van der Waals surface area contributed by atoms with Crippen molar-refractivity contribution in [2.75, 3.05) is 16.8 Å². The molecule has 0 spiro atoms. The molecule has 0 saturated carbocycles. The maximum absolute atomic E-state index is 13.4. The van der Waals surface area contributed by atoms with Gasteiger partial charge in [0.25, 0.3) is 0 Å². The quantitative estimate of drug-likeness (QED) is 0.806. The summed E-state index contributed by atoms with van der Waals surface area (Å²) in [5.41, 5.74) is 5.75. The third-order valence-corrected chi connectivity index (χ3v) is 5.09. The number of thiocarbonyl (C=S) groups is 1. The largest absolute Gasteiger partial charge is 0.389 e. The third-order valence-electron chi connectivity index (χ3n) is 3.10. The first-order valence-corrected chi connectivity index (χ1v) is 8.12.